The molecule has 138 valence electrons. The third kappa shape index (κ3) is 5.36. The molecule has 1 N–H and O–H groups in total. The topological polar surface area (TPSA) is 46.5 Å². The van der Waals surface area contributed by atoms with E-state index >= 15 is 0 Å². The SMILES string of the molecule is CCP(=O)(CC)OCCc1cc(C(C)(C)C)c(O)c(C(C)(C)C)c1. The van der Waals surface area contributed by atoms with Crippen molar-refractivity contribution in [3.05, 3.63) is 28.8 Å². The fourth-order valence-electron chi connectivity index (χ4n) is 2.72. The van der Waals surface area contributed by atoms with Gasteiger partial charge in [-0.3, -0.25) is 4.57 Å². The van der Waals surface area contributed by atoms with Crippen molar-refractivity contribution in [3.8, 4) is 5.75 Å². The Kier molecular flexibility index (Phi) is 6.75. The fourth-order valence-corrected chi connectivity index (χ4v) is 3.95. The van der Waals surface area contributed by atoms with Crippen molar-refractivity contribution in [1.82, 2.24) is 0 Å². The van der Waals surface area contributed by atoms with Crippen LogP contribution in [-0.4, -0.2) is 24.0 Å². The van der Waals surface area contributed by atoms with Gasteiger partial charge in [0.1, 0.15) is 5.75 Å². The van der Waals surface area contributed by atoms with Gasteiger partial charge < -0.3 is 9.63 Å². The highest BCUT2D eigenvalue weighted by atomic mass is 31.2. The first-order valence-corrected chi connectivity index (χ1v) is 10.9. The zero-order valence-corrected chi connectivity index (χ0v) is 17.6. The predicted molar refractivity (Wildman–Crippen MR) is 104 cm³/mol. The quantitative estimate of drug-likeness (QED) is 0.650. The van der Waals surface area contributed by atoms with Crippen molar-refractivity contribution in [2.75, 3.05) is 18.9 Å². The molecule has 0 aliphatic rings. The number of benzene rings is 1. The Morgan fingerprint density at radius 1 is 0.958 bits per heavy atom. The van der Waals surface area contributed by atoms with Gasteiger partial charge in [-0.05, 0) is 33.9 Å². The lowest BCUT2D eigenvalue weighted by atomic mass is 9.78. The standard InChI is InChI=1S/C20H35O3P/c1-9-24(22,10-2)23-12-11-15-13-16(19(3,4)5)18(21)17(14-15)20(6,7)8/h13-14,21H,9-12H2,1-8H3. The molecule has 24 heavy (non-hydrogen) atoms. The highest BCUT2D eigenvalue weighted by Gasteiger charge is 2.26. The first-order valence-electron chi connectivity index (χ1n) is 8.93. The van der Waals surface area contributed by atoms with Crippen LogP contribution >= 0.6 is 7.37 Å². The molecule has 0 heterocycles. The average Bonchev–Trinajstić information content (AvgIpc) is 2.46. The van der Waals surface area contributed by atoms with Crippen LogP contribution in [0, 0.1) is 0 Å². The summed E-state index contributed by atoms with van der Waals surface area (Å²) in [5, 5.41) is 10.7. The van der Waals surface area contributed by atoms with Gasteiger partial charge in [-0.2, -0.15) is 0 Å². The lowest BCUT2D eigenvalue weighted by molar-refractivity contribution is 0.318. The molecule has 4 heteroatoms. The minimum atomic E-state index is -2.47. The Morgan fingerprint density at radius 3 is 1.71 bits per heavy atom. The zero-order chi connectivity index (χ0) is 18.8. The molecule has 1 aromatic rings. The van der Waals surface area contributed by atoms with Crippen LogP contribution in [0.4, 0.5) is 0 Å². The maximum atomic E-state index is 12.4. The second kappa shape index (κ2) is 7.62. The molecule has 0 atom stereocenters. The van der Waals surface area contributed by atoms with Gasteiger partial charge >= 0.3 is 0 Å². The van der Waals surface area contributed by atoms with Crippen LogP contribution in [0.15, 0.2) is 12.1 Å². The summed E-state index contributed by atoms with van der Waals surface area (Å²) in [6.45, 7) is 16.9. The second-order valence-electron chi connectivity index (χ2n) is 8.57. The van der Waals surface area contributed by atoms with E-state index in [0.717, 1.165) is 16.7 Å². The van der Waals surface area contributed by atoms with Gasteiger partial charge in [0.15, 0.2) is 0 Å². The van der Waals surface area contributed by atoms with E-state index in [4.69, 9.17) is 4.52 Å². The van der Waals surface area contributed by atoms with E-state index in [0.29, 0.717) is 31.1 Å². The van der Waals surface area contributed by atoms with E-state index in [-0.39, 0.29) is 10.8 Å². The van der Waals surface area contributed by atoms with E-state index in [1.807, 2.05) is 13.8 Å². The van der Waals surface area contributed by atoms with Crippen LogP contribution in [-0.2, 0) is 26.3 Å². The molecule has 1 rings (SSSR count). The molecule has 0 spiro atoms. The van der Waals surface area contributed by atoms with Gasteiger partial charge in [0.2, 0.25) is 7.37 Å². The van der Waals surface area contributed by atoms with Gasteiger partial charge in [0.25, 0.3) is 0 Å². The van der Waals surface area contributed by atoms with Gasteiger partial charge in [0, 0.05) is 12.3 Å². The molecule has 0 aliphatic heterocycles. The minimum Gasteiger partial charge on any atom is -0.507 e. The molecule has 0 unspecified atom stereocenters. The number of phenols is 1. The second-order valence-corrected chi connectivity index (χ2v) is 11.7. The molecule has 0 amide bonds. The van der Waals surface area contributed by atoms with Crippen LogP contribution in [0.3, 0.4) is 0 Å². The number of rotatable bonds is 6. The van der Waals surface area contributed by atoms with Crippen LogP contribution in [0.1, 0.15) is 72.1 Å². The maximum absolute atomic E-state index is 12.4. The number of aromatic hydroxyl groups is 1. The van der Waals surface area contributed by atoms with Crippen molar-refractivity contribution >= 4 is 7.37 Å². The minimum absolute atomic E-state index is 0.136. The summed E-state index contributed by atoms with van der Waals surface area (Å²) in [7, 11) is -2.47. The average molecular weight is 354 g/mol. The van der Waals surface area contributed by atoms with Gasteiger partial charge in [0.05, 0.1) is 6.61 Å². The van der Waals surface area contributed by atoms with Gasteiger partial charge in [-0.25, -0.2) is 0 Å². The van der Waals surface area contributed by atoms with Crippen LogP contribution in [0.25, 0.3) is 0 Å². The molecule has 0 saturated heterocycles. The zero-order valence-electron chi connectivity index (χ0n) is 16.7. The van der Waals surface area contributed by atoms with E-state index in [1.54, 1.807) is 0 Å². The molecular weight excluding hydrogens is 319 g/mol. The summed E-state index contributed by atoms with van der Waals surface area (Å²) in [4.78, 5) is 0. The van der Waals surface area contributed by atoms with Crippen LogP contribution < -0.4 is 0 Å². The lowest BCUT2D eigenvalue weighted by Gasteiger charge is -2.28. The maximum Gasteiger partial charge on any atom is 0.202 e. The van der Waals surface area contributed by atoms with E-state index in [9.17, 15) is 9.67 Å². The summed E-state index contributed by atoms with van der Waals surface area (Å²) >= 11 is 0. The third-order valence-corrected chi connectivity index (χ3v) is 7.05. The molecule has 0 saturated carbocycles. The summed E-state index contributed by atoms with van der Waals surface area (Å²) < 4.78 is 18.1. The predicted octanol–water partition coefficient (Wildman–Crippen LogP) is 5.86. The first-order chi connectivity index (χ1) is 10.8. The number of hydrogen-bond donors (Lipinski definition) is 1. The Bertz CT molecular complexity index is 563. The van der Waals surface area contributed by atoms with Crippen LogP contribution in [0.2, 0.25) is 0 Å². The first kappa shape index (κ1) is 21.3. The summed E-state index contributed by atoms with van der Waals surface area (Å²) in [6.07, 6.45) is 1.87. The van der Waals surface area contributed by atoms with Crippen LogP contribution in [0.5, 0.6) is 5.75 Å². The molecule has 1 aromatic carbocycles. The highest BCUT2D eigenvalue weighted by Crippen LogP contribution is 2.46. The number of phenolic OH excluding ortho intramolecular Hbond substituents is 1. The van der Waals surface area contributed by atoms with E-state index < -0.39 is 7.37 Å². The largest absolute Gasteiger partial charge is 0.507 e. The molecule has 0 radical (unpaired) electrons. The van der Waals surface area contributed by atoms with Crippen molar-refractivity contribution < 1.29 is 14.2 Å². The molecular formula is C20H35O3P. The summed E-state index contributed by atoms with van der Waals surface area (Å²) in [6, 6.07) is 4.13. The van der Waals surface area contributed by atoms with E-state index in [1.165, 1.54) is 0 Å². The monoisotopic (exact) mass is 354 g/mol. The molecule has 0 aromatic heterocycles. The molecule has 3 nitrogen and oxygen atoms in total. The smallest absolute Gasteiger partial charge is 0.202 e. The Labute approximate surface area is 148 Å². The molecule has 0 bridgehead atoms. The van der Waals surface area contributed by atoms with Crippen molar-refractivity contribution in [2.45, 2.75) is 72.6 Å². The lowest BCUT2D eigenvalue weighted by Crippen LogP contribution is -2.18. The van der Waals surface area contributed by atoms with Crippen molar-refractivity contribution in [3.63, 3.8) is 0 Å². The molecule has 0 fully saturated rings. The third-order valence-electron chi connectivity index (χ3n) is 4.47. The Morgan fingerprint density at radius 2 is 1.38 bits per heavy atom. The summed E-state index contributed by atoms with van der Waals surface area (Å²) in [5.74, 6) is 0.396. The van der Waals surface area contributed by atoms with Crippen molar-refractivity contribution in [2.24, 2.45) is 0 Å². The fraction of sp³-hybridized carbons (Fsp3) is 0.700. The van der Waals surface area contributed by atoms with Crippen molar-refractivity contribution in [1.29, 1.82) is 0 Å². The Hall–Kier alpha value is -0.790. The number of hydrogen-bond acceptors (Lipinski definition) is 3. The van der Waals surface area contributed by atoms with E-state index in [2.05, 4.69) is 53.7 Å². The Balaban J connectivity index is 3.14. The summed E-state index contributed by atoms with van der Waals surface area (Å²) in [5.41, 5.74) is 2.77. The highest BCUT2D eigenvalue weighted by molar-refractivity contribution is 7.58. The van der Waals surface area contributed by atoms with Gasteiger partial charge in [-0.15, -0.1) is 0 Å². The normalized spacial score (nSPS) is 13.3. The van der Waals surface area contributed by atoms with Gasteiger partial charge in [-0.1, -0.05) is 67.5 Å². The molecule has 0 aliphatic carbocycles.